The summed E-state index contributed by atoms with van der Waals surface area (Å²) >= 11 is 6.14. The number of fused-ring (bicyclic) bond motifs is 1. The van der Waals surface area contributed by atoms with Gasteiger partial charge in [-0.2, -0.15) is 0 Å². The minimum Gasteiger partial charge on any atom is -0.351 e. The van der Waals surface area contributed by atoms with E-state index in [9.17, 15) is 9.59 Å². The number of hydrogen-bond donors (Lipinski definition) is 2. The maximum atomic E-state index is 12.7. The van der Waals surface area contributed by atoms with Gasteiger partial charge in [0.25, 0.3) is 11.8 Å². The van der Waals surface area contributed by atoms with Gasteiger partial charge in [-0.15, -0.1) is 0 Å². The number of nitrogens with zero attached hydrogens (tertiary/aromatic N) is 1. The van der Waals surface area contributed by atoms with Gasteiger partial charge in [-0.3, -0.25) is 9.59 Å². The number of aromatic nitrogens is 1. The Morgan fingerprint density at radius 3 is 2.52 bits per heavy atom. The first-order valence-corrected chi connectivity index (χ1v) is 10.1. The van der Waals surface area contributed by atoms with Crippen LogP contribution in [0.5, 0.6) is 0 Å². The lowest BCUT2D eigenvalue weighted by Gasteiger charge is -2.11. The van der Waals surface area contributed by atoms with Crippen LogP contribution in [0, 0.1) is 0 Å². The number of benzene rings is 2. The van der Waals surface area contributed by atoms with Crippen LogP contribution in [0.25, 0.3) is 17.0 Å². The van der Waals surface area contributed by atoms with Crippen LogP contribution >= 0.6 is 11.6 Å². The van der Waals surface area contributed by atoms with Crippen LogP contribution in [-0.4, -0.2) is 22.9 Å². The molecule has 0 unspecified atom stereocenters. The van der Waals surface area contributed by atoms with Crippen LogP contribution in [0.2, 0.25) is 5.02 Å². The Labute approximate surface area is 175 Å². The van der Waals surface area contributed by atoms with Gasteiger partial charge < -0.3 is 15.2 Å². The zero-order valence-corrected chi connectivity index (χ0v) is 17.3. The van der Waals surface area contributed by atoms with E-state index in [0.29, 0.717) is 17.1 Å². The fraction of sp³-hybridized carbons (Fsp3) is 0.217. The van der Waals surface area contributed by atoms with Gasteiger partial charge in [-0.1, -0.05) is 48.9 Å². The number of carbonyl (C=O) groups excluding carboxylic acids is 2. The predicted octanol–water partition coefficient (Wildman–Crippen LogP) is 4.61. The molecule has 6 heteroatoms. The van der Waals surface area contributed by atoms with Crippen molar-refractivity contribution in [2.45, 2.75) is 26.8 Å². The van der Waals surface area contributed by atoms with Crippen LogP contribution in [-0.2, 0) is 11.3 Å². The van der Waals surface area contributed by atoms with Crippen molar-refractivity contribution in [3.05, 3.63) is 76.6 Å². The molecule has 0 aliphatic heterocycles. The first-order valence-electron chi connectivity index (χ1n) is 9.68. The Morgan fingerprint density at radius 2 is 1.79 bits per heavy atom. The Balaban J connectivity index is 2.01. The molecule has 0 aliphatic carbocycles. The van der Waals surface area contributed by atoms with Crippen molar-refractivity contribution in [3.8, 4) is 0 Å². The maximum Gasteiger partial charge on any atom is 0.267 e. The lowest BCUT2D eigenvalue weighted by Crippen LogP contribution is -2.35. The van der Waals surface area contributed by atoms with Gasteiger partial charge in [0.1, 0.15) is 5.70 Å². The minimum absolute atomic E-state index is 0.183. The van der Waals surface area contributed by atoms with E-state index in [1.54, 1.807) is 30.3 Å². The molecule has 29 heavy (non-hydrogen) atoms. The molecule has 0 bridgehead atoms. The minimum atomic E-state index is -0.423. The van der Waals surface area contributed by atoms with Gasteiger partial charge in [0, 0.05) is 35.8 Å². The molecule has 2 aromatic carbocycles. The summed E-state index contributed by atoms with van der Waals surface area (Å²) in [7, 11) is 0. The third kappa shape index (κ3) is 4.69. The average Bonchev–Trinajstić information content (AvgIpc) is 3.09. The van der Waals surface area contributed by atoms with Crippen LogP contribution in [0.3, 0.4) is 0 Å². The van der Waals surface area contributed by atoms with Crippen LogP contribution in [0.4, 0.5) is 0 Å². The molecule has 5 nitrogen and oxygen atoms in total. The molecule has 0 spiro atoms. The van der Waals surface area contributed by atoms with Gasteiger partial charge in [0.2, 0.25) is 0 Å². The van der Waals surface area contributed by atoms with Crippen LogP contribution in [0.1, 0.15) is 36.2 Å². The second-order valence-corrected chi connectivity index (χ2v) is 7.04. The number of carbonyl (C=O) groups is 2. The van der Waals surface area contributed by atoms with Crippen molar-refractivity contribution in [2.75, 3.05) is 6.54 Å². The predicted molar refractivity (Wildman–Crippen MR) is 118 cm³/mol. The van der Waals surface area contributed by atoms with E-state index in [0.717, 1.165) is 29.4 Å². The zero-order chi connectivity index (χ0) is 20.8. The van der Waals surface area contributed by atoms with Gasteiger partial charge >= 0.3 is 0 Å². The largest absolute Gasteiger partial charge is 0.351 e. The van der Waals surface area contributed by atoms with Crippen molar-refractivity contribution in [2.24, 2.45) is 0 Å². The molecule has 0 atom stereocenters. The average molecular weight is 410 g/mol. The fourth-order valence-corrected chi connectivity index (χ4v) is 3.36. The Bertz CT molecular complexity index is 1070. The highest BCUT2D eigenvalue weighted by molar-refractivity contribution is 6.34. The molecule has 2 N–H and O–H groups in total. The summed E-state index contributed by atoms with van der Waals surface area (Å²) in [5, 5.41) is 6.92. The van der Waals surface area contributed by atoms with Gasteiger partial charge in [-0.05, 0) is 37.6 Å². The molecular weight excluding hydrogens is 386 g/mol. The van der Waals surface area contributed by atoms with Crippen molar-refractivity contribution in [3.63, 3.8) is 0 Å². The van der Waals surface area contributed by atoms with Crippen molar-refractivity contribution >= 4 is 40.4 Å². The van der Waals surface area contributed by atoms with Crippen molar-refractivity contribution < 1.29 is 9.59 Å². The molecule has 2 amide bonds. The molecule has 0 saturated heterocycles. The summed E-state index contributed by atoms with van der Waals surface area (Å²) in [6.07, 6.45) is 4.50. The number of rotatable bonds is 7. The molecule has 0 aliphatic rings. The van der Waals surface area contributed by atoms with E-state index in [4.69, 9.17) is 11.6 Å². The molecule has 1 aromatic heterocycles. The number of amides is 2. The quantitative estimate of drug-likeness (QED) is 0.559. The summed E-state index contributed by atoms with van der Waals surface area (Å²) in [5.41, 5.74) is 2.44. The van der Waals surface area contributed by atoms with Crippen molar-refractivity contribution in [1.29, 1.82) is 0 Å². The molecule has 3 aromatic rings. The van der Waals surface area contributed by atoms with Gasteiger partial charge in [0.05, 0.1) is 10.6 Å². The first kappa shape index (κ1) is 20.7. The Morgan fingerprint density at radius 1 is 1.07 bits per heavy atom. The van der Waals surface area contributed by atoms with Crippen LogP contribution in [0.15, 0.2) is 60.4 Å². The van der Waals surface area contributed by atoms with E-state index >= 15 is 0 Å². The van der Waals surface area contributed by atoms with E-state index in [2.05, 4.69) is 22.1 Å². The third-order valence-corrected chi connectivity index (χ3v) is 4.94. The summed E-state index contributed by atoms with van der Waals surface area (Å²) in [6, 6.07) is 14.7. The van der Waals surface area contributed by atoms with E-state index < -0.39 is 5.91 Å². The summed E-state index contributed by atoms with van der Waals surface area (Å²) < 4.78 is 2.11. The molecule has 1 heterocycles. The molecule has 3 rings (SSSR count). The standard InChI is InChI=1S/C23H24ClN3O2/c1-3-13-25-23(29)20(26-22(28)18-10-5-7-11-19(18)24)14-16-15-27(4-2)21-12-8-6-9-17(16)21/h5-12,14-15H,3-4,13H2,1-2H3,(H,25,29)(H,26,28). The lowest BCUT2D eigenvalue weighted by atomic mass is 10.1. The highest BCUT2D eigenvalue weighted by Gasteiger charge is 2.17. The normalized spacial score (nSPS) is 11.5. The van der Waals surface area contributed by atoms with E-state index in [1.165, 1.54) is 0 Å². The summed E-state index contributed by atoms with van der Waals surface area (Å²) in [6.45, 7) is 5.36. The summed E-state index contributed by atoms with van der Waals surface area (Å²) in [5.74, 6) is -0.756. The monoisotopic (exact) mass is 409 g/mol. The number of aryl methyl sites for hydroxylation is 1. The second-order valence-electron chi connectivity index (χ2n) is 6.64. The second kappa shape index (κ2) is 9.43. The van der Waals surface area contributed by atoms with E-state index in [1.807, 2.05) is 37.4 Å². The Hall–Kier alpha value is -3.05. The number of hydrogen-bond acceptors (Lipinski definition) is 2. The lowest BCUT2D eigenvalue weighted by molar-refractivity contribution is -0.117. The van der Waals surface area contributed by atoms with Gasteiger partial charge in [0.15, 0.2) is 0 Å². The highest BCUT2D eigenvalue weighted by Crippen LogP contribution is 2.23. The highest BCUT2D eigenvalue weighted by atomic mass is 35.5. The van der Waals surface area contributed by atoms with E-state index in [-0.39, 0.29) is 11.6 Å². The number of nitrogens with one attached hydrogen (secondary N) is 2. The topological polar surface area (TPSA) is 63.1 Å². The number of halogens is 1. The number of para-hydroxylation sites is 1. The zero-order valence-electron chi connectivity index (χ0n) is 16.5. The molecule has 0 fully saturated rings. The molecule has 0 radical (unpaired) electrons. The molecule has 0 saturated carbocycles. The fourth-order valence-electron chi connectivity index (χ4n) is 3.13. The SMILES string of the molecule is CCCNC(=O)C(=Cc1cn(CC)c2ccccc12)NC(=O)c1ccccc1Cl. The first-order chi connectivity index (χ1) is 14.0. The third-order valence-electron chi connectivity index (χ3n) is 4.61. The van der Waals surface area contributed by atoms with Crippen LogP contribution < -0.4 is 10.6 Å². The van der Waals surface area contributed by atoms with Crippen molar-refractivity contribution in [1.82, 2.24) is 15.2 Å². The molecular formula is C23H24ClN3O2. The summed E-state index contributed by atoms with van der Waals surface area (Å²) in [4.78, 5) is 25.5. The Kier molecular flexibility index (Phi) is 6.73. The molecule has 150 valence electrons. The maximum absolute atomic E-state index is 12.7. The smallest absolute Gasteiger partial charge is 0.267 e. The van der Waals surface area contributed by atoms with Gasteiger partial charge in [-0.25, -0.2) is 0 Å².